The monoisotopic (exact) mass is 1020 g/mol. The van der Waals surface area contributed by atoms with Gasteiger partial charge >= 0.3 is 0 Å². The molecule has 0 heterocycles. The van der Waals surface area contributed by atoms with E-state index in [9.17, 15) is 19.2 Å². The lowest BCUT2D eigenvalue weighted by Crippen LogP contribution is -2.12. The van der Waals surface area contributed by atoms with Gasteiger partial charge in [-0.2, -0.15) is 0 Å². The normalized spacial score (nSPS) is 15.6. The van der Waals surface area contributed by atoms with Gasteiger partial charge in [-0.05, 0) is 235 Å². The molecule has 14 rings (SSSR count). The van der Waals surface area contributed by atoms with Crippen LogP contribution in [0.2, 0.25) is 0 Å². The van der Waals surface area contributed by atoms with Gasteiger partial charge in [0.15, 0.2) is 23.1 Å². The predicted octanol–water partition coefficient (Wildman–Crippen LogP) is 17.1. The molecule has 0 N–H and O–H groups in total. The fourth-order valence-corrected chi connectivity index (χ4v) is 12.4. The summed E-state index contributed by atoms with van der Waals surface area (Å²) in [7, 11) is 0. The van der Waals surface area contributed by atoms with Gasteiger partial charge in [-0.1, -0.05) is 138 Å². The second-order valence-electron chi connectivity index (χ2n) is 22.5. The zero-order valence-electron chi connectivity index (χ0n) is 47.4. The van der Waals surface area contributed by atoms with Crippen molar-refractivity contribution in [3.8, 4) is 0 Å². The molecule has 0 aromatic heterocycles. The highest BCUT2D eigenvalue weighted by Crippen LogP contribution is 2.29. The Morgan fingerprint density at radius 2 is 0.688 bits per heavy atom. The van der Waals surface area contributed by atoms with Crippen LogP contribution < -0.4 is 0 Å². The van der Waals surface area contributed by atoms with E-state index in [2.05, 4.69) is 120 Å². The summed E-state index contributed by atoms with van der Waals surface area (Å²) in [6.07, 6.45) is 22.3. The highest BCUT2D eigenvalue weighted by Gasteiger charge is 2.22. The molecule has 0 bridgehead atoms. The van der Waals surface area contributed by atoms with Crippen molar-refractivity contribution < 1.29 is 19.2 Å². The molecule has 0 aliphatic heterocycles. The maximum absolute atomic E-state index is 11.5. The largest absolute Gasteiger partial charge is 0.294 e. The van der Waals surface area contributed by atoms with Crippen LogP contribution in [0.25, 0.3) is 0 Å². The molecule has 77 heavy (non-hydrogen) atoms. The predicted molar refractivity (Wildman–Crippen MR) is 319 cm³/mol. The van der Waals surface area contributed by atoms with Gasteiger partial charge in [-0.25, -0.2) is 0 Å². The van der Waals surface area contributed by atoms with E-state index in [0.29, 0.717) is 36.0 Å². The first-order chi connectivity index (χ1) is 37.2. The lowest BCUT2D eigenvalue weighted by atomic mass is 9.88. The maximum Gasteiger partial charge on any atom is 0.163 e. The summed E-state index contributed by atoms with van der Waals surface area (Å²) in [5.41, 5.74) is 27.6. The minimum atomic E-state index is 0.309. The minimum Gasteiger partial charge on any atom is -0.294 e. The Balaban J connectivity index is 0.000000119. The lowest BCUT2D eigenvalue weighted by molar-refractivity contribution is 0.0964. The Hall–Kier alpha value is -6.78. The molecule has 398 valence electrons. The van der Waals surface area contributed by atoms with Gasteiger partial charge in [0, 0.05) is 47.9 Å². The molecule has 0 saturated carbocycles. The number of fused-ring (bicyclic) bond motifs is 7. The average Bonchev–Trinajstić information content (AvgIpc) is 4.26. The van der Waals surface area contributed by atoms with E-state index in [-0.39, 0.29) is 0 Å². The zero-order valence-corrected chi connectivity index (χ0v) is 47.4. The van der Waals surface area contributed by atoms with Crippen molar-refractivity contribution in [2.45, 2.75) is 177 Å². The van der Waals surface area contributed by atoms with E-state index in [1.807, 2.05) is 56.3 Å². The number of rotatable bonds is 0. The lowest BCUT2D eigenvalue weighted by Gasteiger charge is -2.17. The Kier molecular flexibility index (Phi) is 19.8. The van der Waals surface area contributed by atoms with Crippen LogP contribution in [0.4, 0.5) is 0 Å². The zero-order chi connectivity index (χ0) is 54.4. The molecule has 0 atom stereocenters. The molecular weight excluding hydrogens is 941 g/mol. The number of benzene rings is 7. The van der Waals surface area contributed by atoms with Crippen molar-refractivity contribution in [1.82, 2.24) is 0 Å². The van der Waals surface area contributed by atoms with Gasteiger partial charge in [0.1, 0.15) is 0 Å². The van der Waals surface area contributed by atoms with Gasteiger partial charge in [-0.3, -0.25) is 19.2 Å². The molecule has 0 spiro atoms. The standard InChI is InChI=1S/2C11H12O.C11H14.2C10H10O.2C10H12/c1-8-4-2-5-9-6-3-7-10(12)11(8)9;1-8-5-6-10-9(7-8)3-2-4-11(10)12;1-9-5-4-7-10-6-2-3-8-11(9)10;1-7-2-3-8-4-5-10(11)9(8)6-7;1-7-3-2-4-9-8(7)5-6-10(9)11;1-8-4-2-5-9-6-3-7-10(8)9;1-8-5-6-9-3-2-4-10(9)7-8/h2,4-5H,3,6-7H2,1H3;5-7H,2-4H2,1H3;4-5,7H,2-3,6,8H2,1H3;2-3,6H,4-5H2,1H3;2-4H,5-6H2,1H3;2,4-5H,3,6-7H2,1H3;5-7H,2-4H2,1H3. The van der Waals surface area contributed by atoms with Gasteiger partial charge in [0.05, 0.1) is 0 Å². The van der Waals surface area contributed by atoms with E-state index < -0.39 is 0 Å². The van der Waals surface area contributed by atoms with Crippen molar-refractivity contribution in [2.24, 2.45) is 0 Å². The van der Waals surface area contributed by atoms with Gasteiger partial charge in [0.25, 0.3) is 0 Å². The van der Waals surface area contributed by atoms with Crippen LogP contribution in [0.1, 0.15) is 200 Å². The van der Waals surface area contributed by atoms with E-state index in [0.717, 1.165) is 79.2 Å². The van der Waals surface area contributed by atoms with Crippen LogP contribution >= 0.6 is 0 Å². The fraction of sp³-hybridized carbons (Fsp3) is 0.370. The number of carbonyl (C=O) groups is 4. The number of carbonyl (C=O) groups excluding carboxylic acids is 4. The number of hydrogen-bond donors (Lipinski definition) is 0. The highest BCUT2D eigenvalue weighted by atomic mass is 16.1. The van der Waals surface area contributed by atoms with Crippen LogP contribution in [0.5, 0.6) is 0 Å². The first kappa shape index (κ1) is 56.4. The van der Waals surface area contributed by atoms with E-state index in [4.69, 9.17) is 0 Å². The van der Waals surface area contributed by atoms with E-state index in [1.165, 1.54) is 120 Å². The number of hydrogen-bond acceptors (Lipinski definition) is 4. The number of aryl methyl sites for hydroxylation is 14. The number of ketones is 4. The van der Waals surface area contributed by atoms with Crippen LogP contribution in [0.15, 0.2) is 127 Å². The minimum absolute atomic E-state index is 0.309. The highest BCUT2D eigenvalue weighted by molar-refractivity contribution is 6.01. The van der Waals surface area contributed by atoms with Crippen LogP contribution in [0, 0.1) is 48.5 Å². The summed E-state index contributed by atoms with van der Waals surface area (Å²) in [6.45, 7) is 14.8. The first-order valence-electron chi connectivity index (χ1n) is 29.0. The first-order valence-corrected chi connectivity index (χ1v) is 29.0. The quantitative estimate of drug-likeness (QED) is 0.152. The maximum atomic E-state index is 11.5. The third-order valence-corrected chi connectivity index (χ3v) is 16.7. The SMILES string of the molecule is Cc1ccc2c(c1)C(=O)CC2.Cc1ccc2c(c1)CCC2.Cc1ccc2c(c1)CCCC2=O.Cc1cccc2c1C(=O)CCC2.Cc1cccc2c1CCC2.Cc1cccc2c1CCC2=O.Cc1cccc2c1CCCC2. The molecule has 0 saturated heterocycles. The molecule has 7 aromatic rings. The van der Waals surface area contributed by atoms with Gasteiger partial charge in [0.2, 0.25) is 0 Å². The molecule has 7 aliphatic rings. The summed E-state index contributed by atoms with van der Waals surface area (Å²) in [4.78, 5) is 45.3. The topological polar surface area (TPSA) is 68.3 Å². The van der Waals surface area contributed by atoms with Gasteiger partial charge < -0.3 is 0 Å². The van der Waals surface area contributed by atoms with Crippen molar-refractivity contribution in [2.75, 3.05) is 0 Å². The fourth-order valence-electron chi connectivity index (χ4n) is 12.4. The summed E-state index contributed by atoms with van der Waals surface area (Å²) >= 11 is 0. The van der Waals surface area contributed by atoms with Crippen molar-refractivity contribution in [3.63, 3.8) is 0 Å². The number of Topliss-reactive ketones (excluding diaryl/α,β-unsaturated/α-hetero) is 4. The Labute approximate surface area is 461 Å². The van der Waals surface area contributed by atoms with Crippen molar-refractivity contribution in [1.29, 1.82) is 0 Å². The third-order valence-electron chi connectivity index (χ3n) is 16.7. The Morgan fingerprint density at radius 1 is 0.247 bits per heavy atom. The Bertz CT molecular complexity index is 3250. The summed E-state index contributed by atoms with van der Waals surface area (Å²) < 4.78 is 0. The third kappa shape index (κ3) is 14.8. The second kappa shape index (κ2) is 27.0. The van der Waals surface area contributed by atoms with Crippen LogP contribution in [-0.2, 0) is 64.2 Å². The smallest absolute Gasteiger partial charge is 0.163 e. The molecule has 4 heteroatoms. The summed E-state index contributed by atoms with van der Waals surface area (Å²) in [5.74, 6) is 1.26. The summed E-state index contributed by atoms with van der Waals surface area (Å²) in [5, 5.41) is 0. The molecular formula is C73H82O4. The average molecular weight is 1020 g/mol. The van der Waals surface area contributed by atoms with Gasteiger partial charge in [-0.15, -0.1) is 0 Å². The molecule has 4 nitrogen and oxygen atoms in total. The van der Waals surface area contributed by atoms with E-state index in [1.54, 1.807) is 33.4 Å². The molecule has 0 fully saturated rings. The molecule has 0 radical (unpaired) electrons. The molecule has 0 amide bonds. The molecule has 7 aromatic carbocycles. The molecule has 7 aliphatic carbocycles. The van der Waals surface area contributed by atoms with Crippen molar-refractivity contribution in [3.05, 3.63) is 244 Å². The van der Waals surface area contributed by atoms with E-state index >= 15 is 0 Å². The second-order valence-corrected chi connectivity index (χ2v) is 22.5. The molecule has 0 unspecified atom stereocenters. The Morgan fingerprint density at radius 3 is 1.36 bits per heavy atom. The van der Waals surface area contributed by atoms with Crippen LogP contribution in [0.3, 0.4) is 0 Å². The van der Waals surface area contributed by atoms with Crippen LogP contribution in [-0.4, -0.2) is 23.1 Å². The summed E-state index contributed by atoms with van der Waals surface area (Å²) in [6, 6.07) is 44.4. The van der Waals surface area contributed by atoms with Crippen molar-refractivity contribution >= 4 is 23.1 Å².